The normalized spacial score (nSPS) is 16.9. The molecule has 0 saturated carbocycles. The first-order chi connectivity index (χ1) is 19.2. The van der Waals surface area contributed by atoms with E-state index in [2.05, 4.69) is 4.90 Å². The first kappa shape index (κ1) is 27.8. The predicted molar refractivity (Wildman–Crippen MR) is 151 cm³/mol. The third-order valence-corrected chi connectivity index (χ3v) is 8.60. The van der Waals surface area contributed by atoms with E-state index in [1.807, 2.05) is 42.6 Å². The largest absolute Gasteiger partial charge is 0.496 e. The van der Waals surface area contributed by atoms with Crippen LogP contribution < -0.4 is 4.74 Å². The fourth-order valence-corrected chi connectivity index (χ4v) is 5.94. The van der Waals surface area contributed by atoms with E-state index in [0.717, 1.165) is 43.4 Å². The van der Waals surface area contributed by atoms with Crippen molar-refractivity contribution in [2.24, 2.45) is 13.0 Å². The van der Waals surface area contributed by atoms with Gasteiger partial charge in [-0.05, 0) is 62.9 Å². The molecule has 8 nitrogen and oxygen atoms in total. The van der Waals surface area contributed by atoms with Gasteiger partial charge in [0.15, 0.2) is 0 Å². The molecule has 2 aliphatic rings. The Labute approximate surface area is 234 Å². The Bertz CT molecular complexity index is 1430. The molecule has 1 aromatic heterocycles. The van der Waals surface area contributed by atoms with Gasteiger partial charge in [-0.15, -0.1) is 0 Å². The van der Waals surface area contributed by atoms with Gasteiger partial charge in [-0.3, -0.25) is 14.4 Å². The zero-order chi connectivity index (χ0) is 28.6. The number of carbonyl (C=O) groups is 3. The van der Waals surface area contributed by atoms with Crippen LogP contribution >= 0.6 is 0 Å². The lowest BCUT2D eigenvalue weighted by atomic mass is 9.90. The maximum Gasteiger partial charge on any atom is 0.295 e. The number of aromatic nitrogens is 1. The van der Waals surface area contributed by atoms with E-state index in [0.29, 0.717) is 60.1 Å². The lowest BCUT2D eigenvalue weighted by Crippen LogP contribution is -2.49. The third kappa shape index (κ3) is 5.35. The number of hydrogen-bond acceptors (Lipinski definition) is 5. The van der Waals surface area contributed by atoms with Gasteiger partial charge in [0.05, 0.1) is 23.8 Å². The lowest BCUT2D eigenvalue weighted by Gasteiger charge is -2.32. The van der Waals surface area contributed by atoms with Gasteiger partial charge in [0, 0.05) is 63.5 Å². The molecule has 9 heteroatoms. The second-order valence-corrected chi connectivity index (χ2v) is 11.1. The van der Waals surface area contributed by atoms with E-state index in [9.17, 15) is 18.8 Å². The van der Waals surface area contributed by atoms with Crippen molar-refractivity contribution in [2.45, 2.75) is 26.2 Å². The zero-order valence-corrected chi connectivity index (χ0v) is 23.7. The molecule has 0 spiro atoms. The van der Waals surface area contributed by atoms with E-state index in [1.165, 1.54) is 19.2 Å². The summed E-state index contributed by atoms with van der Waals surface area (Å²) in [4.78, 5) is 46.1. The van der Waals surface area contributed by atoms with E-state index in [1.54, 1.807) is 17.0 Å². The minimum Gasteiger partial charge on any atom is -0.496 e. The molecular weight excluding hydrogens is 511 g/mol. The summed E-state index contributed by atoms with van der Waals surface area (Å²) in [6.45, 7) is 5.51. The first-order valence-electron chi connectivity index (χ1n) is 13.9. The summed E-state index contributed by atoms with van der Waals surface area (Å²) in [5.41, 5.74) is 3.24. The molecule has 0 aliphatic carbocycles. The summed E-state index contributed by atoms with van der Waals surface area (Å²) in [5.74, 6) is -0.577. The number of piperazine rings is 1. The summed E-state index contributed by atoms with van der Waals surface area (Å²) in [6.07, 6.45) is 2.55. The van der Waals surface area contributed by atoms with Crippen LogP contribution in [0.5, 0.6) is 5.75 Å². The molecule has 2 amide bonds. The number of carbonyl (C=O) groups excluding carboxylic acids is 3. The average molecular weight is 549 g/mol. The van der Waals surface area contributed by atoms with Gasteiger partial charge < -0.3 is 24.0 Å². The second kappa shape index (κ2) is 11.4. The molecule has 3 heterocycles. The van der Waals surface area contributed by atoms with Gasteiger partial charge in [0.2, 0.25) is 0 Å². The molecule has 2 fully saturated rings. The number of methoxy groups -OCH3 is 1. The Hall–Kier alpha value is -3.72. The number of hydrogen-bond donors (Lipinski definition) is 0. The number of nitrogens with zero attached hydrogens (tertiary/aromatic N) is 4. The standard InChI is InChI=1S/C31H37FN4O4/c1-20-28(29(37)31(39)36-15-13-33(2)14-16-36)24-18-25(27(40-4)19-26(24)34(20)3)30(38)35-11-9-22(10-12-35)17-21-5-7-23(32)8-6-21/h5-8,18-19,22H,9-17H2,1-4H3. The maximum absolute atomic E-state index is 13.7. The number of ether oxygens (including phenoxy) is 1. The quantitative estimate of drug-likeness (QED) is 0.347. The number of halogens is 1. The molecule has 40 heavy (non-hydrogen) atoms. The van der Waals surface area contributed by atoms with Gasteiger partial charge in [0.1, 0.15) is 11.6 Å². The Balaban J connectivity index is 1.38. The van der Waals surface area contributed by atoms with E-state index in [-0.39, 0.29) is 11.7 Å². The predicted octanol–water partition coefficient (Wildman–Crippen LogP) is 3.69. The highest BCUT2D eigenvalue weighted by Gasteiger charge is 2.32. The monoisotopic (exact) mass is 548 g/mol. The third-order valence-electron chi connectivity index (χ3n) is 8.60. The Morgan fingerprint density at radius 3 is 2.20 bits per heavy atom. The molecule has 0 unspecified atom stereocenters. The van der Waals surface area contributed by atoms with Crippen LogP contribution in [-0.2, 0) is 18.3 Å². The Morgan fingerprint density at radius 1 is 0.925 bits per heavy atom. The highest BCUT2D eigenvalue weighted by molar-refractivity contribution is 6.45. The van der Waals surface area contributed by atoms with E-state index in [4.69, 9.17) is 4.74 Å². The van der Waals surface area contributed by atoms with Crippen LogP contribution in [0.1, 0.15) is 44.8 Å². The summed E-state index contributed by atoms with van der Waals surface area (Å²) >= 11 is 0. The average Bonchev–Trinajstić information content (AvgIpc) is 3.21. The number of amides is 2. The van der Waals surface area contributed by atoms with Crippen LogP contribution in [0.4, 0.5) is 4.39 Å². The van der Waals surface area contributed by atoms with Gasteiger partial charge >= 0.3 is 0 Å². The second-order valence-electron chi connectivity index (χ2n) is 11.1. The van der Waals surface area contributed by atoms with Gasteiger partial charge in [-0.2, -0.15) is 0 Å². The molecule has 2 aromatic carbocycles. The van der Waals surface area contributed by atoms with Gasteiger partial charge in [0.25, 0.3) is 17.6 Å². The van der Waals surface area contributed by atoms with Crippen LogP contribution in [0.2, 0.25) is 0 Å². The zero-order valence-electron chi connectivity index (χ0n) is 23.7. The van der Waals surface area contributed by atoms with Crippen LogP contribution in [0.25, 0.3) is 10.9 Å². The smallest absolute Gasteiger partial charge is 0.295 e. The number of likely N-dealkylation sites (tertiary alicyclic amines) is 1. The molecule has 0 radical (unpaired) electrons. The first-order valence-corrected chi connectivity index (χ1v) is 13.9. The van der Waals surface area contributed by atoms with Crippen molar-refractivity contribution in [2.75, 3.05) is 53.4 Å². The number of benzene rings is 2. The topological polar surface area (TPSA) is 75.1 Å². The number of fused-ring (bicyclic) bond motifs is 1. The lowest BCUT2D eigenvalue weighted by molar-refractivity contribution is -0.127. The molecule has 2 saturated heterocycles. The van der Waals surface area contributed by atoms with Crippen molar-refractivity contribution < 1.29 is 23.5 Å². The van der Waals surface area contributed by atoms with Crippen molar-refractivity contribution in [3.8, 4) is 5.75 Å². The van der Waals surface area contributed by atoms with Crippen LogP contribution in [0, 0.1) is 18.7 Å². The van der Waals surface area contributed by atoms with E-state index < -0.39 is 11.7 Å². The molecule has 5 rings (SSSR count). The van der Waals surface area contributed by atoms with Gasteiger partial charge in [-0.1, -0.05) is 12.1 Å². The van der Waals surface area contributed by atoms with Crippen molar-refractivity contribution in [3.05, 3.63) is 64.6 Å². The van der Waals surface area contributed by atoms with Crippen LogP contribution in [0.15, 0.2) is 36.4 Å². The Morgan fingerprint density at radius 2 is 1.57 bits per heavy atom. The van der Waals surface area contributed by atoms with Crippen molar-refractivity contribution >= 4 is 28.5 Å². The summed E-state index contributed by atoms with van der Waals surface area (Å²) < 4.78 is 20.8. The minimum absolute atomic E-state index is 0.149. The number of ketones is 1. The van der Waals surface area contributed by atoms with Crippen molar-refractivity contribution in [3.63, 3.8) is 0 Å². The molecule has 0 N–H and O–H groups in total. The molecule has 0 atom stereocenters. The Kier molecular flexibility index (Phi) is 7.94. The van der Waals surface area contributed by atoms with Crippen molar-refractivity contribution in [1.29, 1.82) is 0 Å². The molecule has 3 aromatic rings. The number of Topliss-reactive ketones (excluding diaryl/α,β-unsaturated/α-hetero) is 1. The minimum atomic E-state index is -0.544. The number of rotatable bonds is 6. The SMILES string of the molecule is COc1cc2c(cc1C(=O)N1CCC(Cc3ccc(F)cc3)CC1)c(C(=O)C(=O)N1CCN(C)CC1)c(C)n2C. The summed E-state index contributed by atoms with van der Waals surface area (Å²) in [5, 5.41) is 0.586. The number of piperidine rings is 1. The highest BCUT2D eigenvalue weighted by atomic mass is 19.1. The highest BCUT2D eigenvalue weighted by Crippen LogP contribution is 2.34. The van der Waals surface area contributed by atoms with Crippen LogP contribution in [-0.4, -0.2) is 90.3 Å². The number of aryl methyl sites for hydroxylation is 1. The maximum atomic E-state index is 13.7. The number of likely N-dealkylation sites (N-methyl/N-ethyl adjacent to an activating group) is 1. The van der Waals surface area contributed by atoms with Crippen LogP contribution in [0.3, 0.4) is 0 Å². The molecule has 2 aliphatic heterocycles. The summed E-state index contributed by atoms with van der Waals surface area (Å²) in [6, 6.07) is 10.1. The summed E-state index contributed by atoms with van der Waals surface area (Å²) in [7, 11) is 5.38. The van der Waals surface area contributed by atoms with E-state index >= 15 is 0 Å². The fraction of sp³-hybridized carbons (Fsp3) is 0.452. The fourth-order valence-electron chi connectivity index (χ4n) is 5.94. The molecular formula is C31H37FN4O4. The van der Waals surface area contributed by atoms with Crippen molar-refractivity contribution in [1.82, 2.24) is 19.3 Å². The van der Waals surface area contributed by atoms with Gasteiger partial charge in [-0.25, -0.2) is 4.39 Å². The molecule has 0 bridgehead atoms. The molecule has 212 valence electrons.